The van der Waals surface area contributed by atoms with Crippen LogP contribution in [0.1, 0.15) is 5.56 Å². The molecule has 0 aliphatic heterocycles. The highest BCUT2D eigenvalue weighted by Crippen LogP contribution is 2.21. The molecule has 0 radical (unpaired) electrons. The van der Waals surface area contributed by atoms with Crippen LogP contribution in [0, 0.1) is 5.82 Å². The zero-order valence-electron chi connectivity index (χ0n) is 9.69. The van der Waals surface area contributed by atoms with E-state index in [2.05, 4.69) is 4.98 Å². The third kappa shape index (κ3) is 2.90. The summed E-state index contributed by atoms with van der Waals surface area (Å²) in [7, 11) is 1.42. The van der Waals surface area contributed by atoms with Crippen molar-refractivity contribution in [1.82, 2.24) is 4.98 Å². The van der Waals surface area contributed by atoms with E-state index in [-0.39, 0.29) is 12.4 Å². The zero-order chi connectivity index (χ0) is 13.0. The topological polar surface area (TPSA) is 31.4 Å². The summed E-state index contributed by atoms with van der Waals surface area (Å²) in [6.45, 7) is 0.104. The first kappa shape index (κ1) is 12.6. The minimum Gasteiger partial charge on any atom is -0.494 e. The lowest BCUT2D eigenvalue weighted by atomic mass is 10.2. The fourth-order valence-electron chi connectivity index (χ4n) is 1.43. The molecule has 0 unspecified atom stereocenters. The van der Waals surface area contributed by atoms with Gasteiger partial charge in [-0.05, 0) is 18.2 Å². The summed E-state index contributed by atoms with van der Waals surface area (Å²) >= 11 is 5.65. The summed E-state index contributed by atoms with van der Waals surface area (Å²) in [4.78, 5) is 3.87. The Labute approximate surface area is 109 Å². The minimum atomic E-state index is -0.415. The van der Waals surface area contributed by atoms with Crippen LogP contribution in [0.25, 0.3) is 0 Å². The third-order valence-electron chi connectivity index (χ3n) is 2.36. The van der Waals surface area contributed by atoms with Gasteiger partial charge in [0.15, 0.2) is 11.6 Å². The van der Waals surface area contributed by atoms with Crippen molar-refractivity contribution in [3.05, 3.63) is 53.1 Å². The van der Waals surface area contributed by atoms with Gasteiger partial charge < -0.3 is 9.47 Å². The van der Waals surface area contributed by atoms with Crippen molar-refractivity contribution in [3.8, 4) is 11.5 Å². The molecule has 1 aromatic carbocycles. The molecule has 2 aromatic rings. The Kier molecular flexibility index (Phi) is 3.99. The van der Waals surface area contributed by atoms with Crippen LogP contribution in [0.3, 0.4) is 0 Å². The molecule has 0 aliphatic rings. The number of ether oxygens (including phenoxy) is 2. The van der Waals surface area contributed by atoms with E-state index in [1.54, 1.807) is 30.3 Å². The molecule has 94 valence electrons. The van der Waals surface area contributed by atoms with Crippen LogP contribution < -0.4 is 9.47 Å². The fraction of sp³-hybridized carbons (Fsp3) is 0.154. The Balaban J connectivity index is 2.08. The molecule has 1 aromatic heterocycles. The van der Waals surface area contributed by atoms with Gasteiger partial charge in [0.2, 0.25) is 0 Å². The van der Waals surface area contributed by atoms with Crippen molar-refractivity contribution in [2.24, 2.45) is 0 Å². The molecule has 0 saturated carbocycles. The molecule has 5 heteroatoms. The second-order valence-electron chi connectivity index (χ2n) is 3.54. The lowest BCUT2D eigenvalue weighted by Gasteiger charge is -2.09. The fourth-order valence-corrected chi connectivity index (χ4v) is 1.55. The van der Waals surface area contributed by atoms with Crippen LogP contribution in [0.15, 0.2) is 36.5 Å². The lowest BCUT2D eigenvalue weighted by molar-refractivity contribution is 0.294. The van der Waals surface area contributed by atoms with Crippen LogP contribution in [0.5, 0.6) is 11.5 Å². The first-order valence-corrected chi connectivity index (χ1v) is 5.64. The van der Waals surface area contributed by atoms with E-state index in [0.29, 0.717) is 16.5 Å². The van der Waals surface area contributed by atoms with Gasteiger partial charge in [0.1, 0.15) is 17.5 Å². The van der Waals surface area contributed by atoms with Crippen molar-refractivity contribution >= 4 is 11.6 Å². The summed E-state index contributed by atoms with van der Waals surface area (Å²) < 4.78 is 24.1. The molecule has 2 rings (SSSR count). The van der Waals surface area contributed by atoms with E-state index in [0.717, 1.165) is 0 Å². The third-order valence-corrected chi connectivity index (χ3v) is 2.58. The Morgan fingerprint density at radius 3 is 2.78 bits per heavy atom. The van der Waals surface area contributed by atoms with Gasteiger partial charge in [-0.2, -0.15) is 0 Å². The number of hydrogen-bond acceptors (Lipinski definition) is 3. The molecule has 1 heterocycles. The second kappa shape index (κ2) is 5.69. The second-order valence-corrected chi connectivity index (χ2v) is 3.93. The quantitative estimate of drug-likeness (QED) is 0.795. The Bertz CT molecular complexity index is 531. The molecule has 0 fully saturated rings. The molecule has 0 bridgehead atoms. The van der Waals surface area contributed by atoms with E-state index in [1.165, 1.54) is 13.3 Å². The van der Waals surface area contributed by atoms with Gasteiger partial charge in [-0.15, -0.1) is 0 Å². The molecule has 0 aliphatic carbocycles. The number of pyridine rings is 1. The molecular weight excluding hydrogens is 257 g/mol. The zero-order valence-corrected chi connectivity index (χ0v) is 10.4. The van der Waals surface area contributed by atoms with Crippen molar-refractivity contribution in [3.63, 3.8) is 0 Å². The standard InChI is InChI=1S/C13H11ClFNO2/c1-17-11-4-2-3-9(13(11)15)8-18-10-5-6-12(14)16-7-10/h2-7H,8H2,1H3. The maximum atomic E-state index is 13.8. The van der Waals surface area contributed by atoms with E-state index in [1.807, 2.05) is 0 Å². The first-order chi connectivity index (χ1) is 8.70. The number of benzene rings is 1. The number of aromatic nitrogens is 1. The van der Waals surface area contributed by atoms with Crippen LogP contribution >= 0.6 is 11.6 Å². The van der Waals surface area contributed by atoms with E-state index in [9.17, 15) is 4.39 Å². The smallest absolute Gasteiger partial charge is 0.171 e. The van der Waals surface area contributed by atoms with Gasteiger partial charge in [-0.1, -0.05) is 23.7 Å². The molecule has 0 atom stereocenters. The average Bonchev–Trinajstić information content (AvgIpc) is 2.39. The van der Waals surface area contributed by atoms with Crippen LogP contribution in [-0.4, -0.2) is 12.1 Å². The number of rotatable bonds is 4. The van der Waals surface area contributed by atoms with E-state index >= 15 is 0 Å². The summed E-state index contributed by atoms with van der Waals surface area (Å²) in [6.07, 6.45) is 1.49. The Hall–Kier alpha value is -1.81. The number of methoxy groups -OCH3 is 1. The highest BCUT2D eigenvalue weighted by Gasteiger charge is 2.08. The molecule has 18 heavy (non-hydrogen) atoms. The van der Waals surface area contributed by atoms with Crippen LogP contribution in [0.4, 0.5) is 4.39 Å². The van der Waals surface area contributed by atoms with E-state index in [4.69, 9.17) is 21.1 Å². The molecule has 0 N–H and O–H groups in total. The summed E-state index contributed by atoms with van der Waals surface area (Å²) in [5, 5.41) is 0.384. The maximum Gasteiger partial charge on any atom is 0.171 e. The van der Waals surface area contributed by atoms with Gasteiger partial charge >= 0.3 is 0 Å². The minimum absolute atomic E-state index is 0.104. The van der Waals surface area contributed by atoms with Crippen LogP contribution in [0.2, 0.25) is 5.15 Å². The normalized spacial score (nSPS) is 10.2. The molecule has 0 amide bonds. The highest BCUT2D eigenvalue weighted by molar-refractivity contribution is 6.29. The van der Waals surface area contributed by atoms with Gasteiger partial charge in [0, 0.05) is 5.56 Å². The lowest BCUT2D eigenvalue weighted by Crippen LogP contribution is -2.00. The molecule has 0 spiro atoms. The van der Waals surface area contributed by atoms with Crippen molar-refractivity contribution in [1.29, 1.82) is 0 Å². The predicted octanol–water partition coefficient (Wildman–Crippen LogP) is 3.46. The van der Waals surface area contributed by atoms with Gasteiger partial charge in [-0.3, -0.25) is 0 Å². The van der Waals surface area contributed by atoms with Crippen molar-refractivity contribution < 1.29 is 13.9 Å². The number of halogens is 2. The summed E-state index contributed by atoms with van der Waals surface area (Å²) in [5.41, 5.74) is 0.421. The SMILES string of the molecule is COc1cccc(COc2ccc(Cl)nc2)c1F. The summed E-state index contributed by atoms with van der Waals surface area (Å²) in [6, 6.07) is 8.19. The van der Waals surface area contributed by atoms with Crippen molar-refractivity contribution in [2.75, 3.05) is 7.11 Å². The highest BCUT2D eigenvalue weighted by atomic mass is 35.5. The summed E-state index contributed by atoms with van der Waals surface area (Å²) in [5.74, 6) is 0.314. The van der Waals surface area contributed by atoms with Gasteiger partial charge in [0.05, 0.1) is 13.3 Å². The molecule has 0 saturated heterocycles. The number of hydrogen-bond donors (Lipinski definition) is 0. The van der Waals surface area contributed by atoms with Gasteiger partial charge in [-0.25, -0.2) is 9.37 Å². The van der Waals surface area contributed by atoms with Crippen molar-refractivity contribution in [2.45, 2.75) is 6.61 Å². The molecular formula is C13H11ClFNO2. The van der Waals surface area contributed by atoms with Gasteiger partial charge in [0.25, 0.3) is 0 Å². The van der Waals surface area contributed by atoms with E-state index < -0.39 is 5.82 Å². The largest absolute Gasteiger partial charge is 0.494 e. The average molecular weight is 268 g/mol. The Morgan fingerprint density at radius 2 is 2.11 bits per heavy atom. The predicted molar refractivity (Wildman–Crippen MR) is 66.5 cm³/mol. The first-order valence-electron chi connectivity index (χ1n) is 5.26. The maximum absolute atomic E-state index is 13.8. The van der Waals surface area contributed by atoms with Crippen LogP contribution in [-0.2, 0) is 6.61 Å². The monoisotopic (exact) mass is 267 g/mol. The Morgan fingerprint density at radius 1 is 1.28 bits per heavy atom. The number of nitrogens with zero attached hydrogens (tertiary/aromatic N) is 1. The molecule has 3 nitrogen and oxygen atoms in total.